The molecule has 1 aromatic carbocycles. The van der Waals surface area contributed by atoms with E-state index in [-0.39, 0.29) is 12.6 Å². The lowest BCUT2D eigenvalue weighted by Crippen LogP contribution is -2.54. The molecular weight excluding hydrogens is 430 g/mol. The van der Waals surface area contributed by atoms with Gasteiger partial charge >= 0.3 is 0 Å². The van der Waals surface area contributed by atoms with Crippen molar-refractivity contribution in [1.29, 1.82) is 0 Å². The van der Waals surface area contributed by atoms with Gasteiger partial charge in [0.05, 0.1) is 25.8 Å². The maximum atomic E-state index is 14.0. The summed E-state index contributed by atoms with van der Waals surface area (Å²) in [4.78, 5) is 14.8. The number of hydrogen-bond acceptors (Lipinski definition) is 7. The van der Waals surface area contributed by atoms with Crippen LogP contribution in [0.4, 0.5) is 8.78 Å². The molecule has 0 unspecified atom stereocenters. The molecule has 3 aromatic heterocycles. The van der Waals surface area contributed by atoms with Crippen molar-refractivity contribution in [3.63, 3.8) is 0 Å². The molecule has 0 spiro atoms. The molecule has 168 valence electrons. The van der Waals surface area contributed by atoms with E-state index in [9.17, 15) is 13.9 Å². The van der Waals surface area contributed by atoms with E-state index in [4.69, 9.17) is 0 Å². The zero-order valence-electron chi connectivity index (χ0n) is 17.7. The summed E-state index contributed by atoms with van der Waals surface area (Å²) in [5.74, 6) is 0.819. The number of pyridine rings is 1. The molecule has 11 heteroatoms. The third-order valence-electron chi connectivity index (χ3n) is 6.59. The van der Waals surface area contributed by atoms with Crippen molar-refractivity contribution in [1.82, 2.24) is 39.4 Å². The average molecular weight is 450 g/mol. The fourth-order valence-electron chi connectivity index (χ4n) is 4.78. The highest BCUT2D eigenvalue weighted by Crippen LogP contribution is 2.41. The minimum atomic E-state index is -1.32. The normalized spacial score (nSPS) is 20.7. The Bertz CT molecular complexity index is 1370. The lowest BCUT2D eigenvalue weighted by Gasteiger charge is -2.44. The van der Waals surface area contributed by atoms with Crippen LogP contribution in [-0.2, 0) is 25.2 Å². The standard InChI is InChI=1S/C22H20F2N8O/c1-13(22(33)11-32-21(26-12-27-32)17-7-15(23)2-3-18(17)22)30-4-5-31-19(10-30)28-20(29-31)14-6-16(24)9-25-8-14/h2-3,6-9,12-13,33H,4-5,10-11H2,1H3/t13-,22-/m1/s1. The van der Waals surface area contributed by atoms with Crippen LogP contribution >= 0.6 is 0 Å². The van der Waals surface area contributed by atoms with E-state index in [0.717, 1.165) is 6.20 Å². The van der Waals surface area contributed by atoms with Crippen LogP contribution < -0.4 is 0 Å². The summed E-state index contributed by atoms with van der Waals surface area (Å²) in [6, 6.07) is 5.38. The monoisotopic (exact) mass is 450 g/mol. The molecule has 0 saturated carbocycles. The quantitative estimate of drug-likeness (QED) is 0.510. The maximum absolute atomic E-state index is 14.0. The maximum Gasteiger partial charge on any atom is 0.183 e. The Hall–Kier alpha value is -3.57. The summed E-state index contributed by atoms with van der Waals surface area (Å²) >= 11 is 0. The molecule has 0 radical (unpaired) electrons. The molecule has 5 heterocycles. The third kappa shape index (κ3) is 3.15. The topological polar surface area (TPSA) is 97.8 Å². The van der Waals surface area contributed by atoms with Gasteiger partial charge < -0.3 is 5.11 Å². The van der Waals surface area contributed by atoms with Crippen molar-refractivity contribution in [2.45, 2.75) is 38.2 Å². The minimum absolute atomic E-state index is 0.200. The summed E-state index contributed by atoms with van der Waals surface area (Å²) in [5.41, 5.74) is 0.350. The number of aliphatic hydroxyl groups is 1. The van der Waals surface area contributed by atoms with Gasteiger partial charge in [0.2, 0.25) is 0 Å². The SMILES string of the molecule is C[C@@H](N1CCn2nc(-c3cncc(F)c3)nc2C1)[C@]1(O)Cn2ncnc2-c2cc(F)ccc21. The van der Waals surface area contributed by atoms with Crippen LogP contribution in [0.2, 0.25) is 0 Å². The lowest BCUT2D eigenvalue weighted by molar-refractivity contribution is -0.0708. The molecule has 2 aliphatic rings. The second-order valence-electron chi connectivity index (χ2n) is 8.47. The van der Waals surface area contributed by atoms with Gasteiger partial charge in [-0.15, -0.1) is 0 Å². The van der Waals surface area contributed by atoms with Crippen molar-refractivity contribution >= 4 is 0 Å². The van der Waals surface area contributed by atoms with Gasteiger partial charge in [-0.2, -0.15) is 10.2 Å². The van der Waals surface area contributed by atoms with Gasteiger partial charge in [0, 0.05) is 29.9 Å². The second-order valence-corrected chi connectivity index (χ2v) is 8.47. The van der Waals surface area contributed by atoms with Gasteiger partial charge in [0.15, 0.2) is 11.6 Å². The van der Waals surface area contributed by atoms with Crippen molar-refractivity contribution < 1.29 is 13.9 Å². The molecule has 4 aromatic rings. The number of fused-ring (bicyclic) bond motifs is 4. The van der Waals surface area contributed by atoms with E-state index < -0.39 is 17.2 Å². The van der Waals surface area contributed by atoms with Gasteiger partial charge in [-0.25, -0.2) is 28.1 Å². The van der Waals surface area contributed by atoms with Gasteiger partial charge in [-0.05, 0) is 30.7 Å². The second kappa shape index (κ2) is 7.22. The summed E-state index contributed by atoms with van der Waals surface area (Å²) in [6.45, 7) is 3.78. The zero-order valence-corrected chi connectivity index (χ0v) is 17.7. The van der Waals surface area contributed by atoms with Crippen molar-refractivity contribution in [2.24, 2.45) is 0 Å². The van der Waals surface area contributed by atoms with Crippen LogP contribution in [0.5, 0.6) is 0 Å². The van der Waals surface area contributed by atoms with Crippen molar-refractivity contribution in [3.8, 4) is 22.8 Å². The highest BCUT2D eigenvalue weighted by Gasteiger charge is 2.46. The van der Waals surface area contributed by atoms with Crippen LogP contribution in [0.15, 0.2) is 43.0 Å². The number of rotatable bonds is 3. The van der Waals surface area contributed by atoms with Gasteiger partial charge in [-0.1, -0.05) is 6.07 Å². The molecule has 33 heavy (non-hydrogen) atoms. The molecule has 0 saturated heterocycles. The van der Waals surface area contributed by atoms with E-state index in [2.05, 4.69) is 30.0 Å². The molecule has 0 fully saturated rings. The van der Waals surface area contributed by atoms with Gasteiger partial charge in [0.25, 0.3) is 0 Å². The predicted octanol–water partition coefficient (Wildman–Crippen LogP) is 1.98. The smallest absolute Gasteiger partial charge is 0.183 e. The lowest BCUT2D eigenvalue weighted by atomic mass is 9.80. The van der Waals surface area contributed by atoms with Crippen LogP contribution in [-0.4, -0.2) is 57.1 Å². The van der Waals surface area contributed by atoms with Crippen LogP contribution in [0, 0.1) is 11.6 Å². The first-order valence-corrected chi connectivity index (χ1v) is 10.6. The van der Waals surface area contributed by atoms with E-state index in [1.807, 2.05) is 6.92 Å². The van der Waals surface area contributed by atoms with Crippen LogP contribution in [0.3, 0.4) is 0 Å². The molecule has 0 bridgehead atoms. The first kappa shape index (κ1) is 20.1. The number of hydrogen-bond donors (Lipinski definition) is 1. The Balaban J connectivity index is 1.33. The largest absolute Gasteiger partial charge is 0.382 e. The van der Waals surface area contributed by atoms with E-state index in [0.29, 0.717) is 53.8 Å². The molecule has 2 aliphatic heterocycles. The van der Waals surface area contributed by atoms with Gasteiger partial charge in [-0.3, -0.25) is 9.88 Å². The fraction of sp³-hybridized carbons (Fsp3) is 0.318. The Kier molecular flexibility index (Phi) is 4.39. The van der Waals surface area contributed by atoms with Crippen molar-refractivity contribution in [2.75, 3.05) is 6.54 Å². The Morgan fingerprint density at radius 3 is 2.82 bits per heavy atom. The zero-order chi connectivity index (χ0) is 22.7. The molecule has 9 nitrogen and oxygen atoms in total. The van der Waals surface area contributed by atoms with E-state index in [1.165, 1.54) is 30.7 Å². The van der Waals surface area contributed by atoms with Crippen LogP contribution in [0.1, 0.15) is 18.3 Å². The highest BCUT2D eigenvalue weighted by molar-refractivity contribution is 5.64. The summed E-state index contributed by atoms with van der Waals surface area (Å²) < 4.78 is 31.0. The minimum Gasteiger partial charge on any atom is -0.382 e. The molecular formula is C22H20F2N8O. The average Bonchev–Trinajstić information content (AvgIpc) is 3.45. The van der Waals surface area contributed by atoms with Gasteiger partial charge in [0.1, 0.15) is 29.4 Å². The fourth-order valence-corrected chi connectivity index (χ4v) is 4.78. The molecule has 0 amide bonds. The summed E-state index contributed by atoms with van der Waals surface area (Å²) in [6.07, 6.45) is 4.08. The Labute approximate surface area is 187 Å². The van der Waals surface area contributed by atoms with E-state index >= 15 is 0 Å². The summed E-state index contributed by atoms with van der Waals surface area (Å²) in [5, 5.41) is 20.6. The first-order valence-electron chi connectivity index (χ1n) is 10.6. The Morgan fingerprint density at radius 2 is 1.97 bits per heavy atom. The Morgan fingerprint density at radius 1 is 1.09 bits per heavy atom. The number of aromatic nitrogens is 7. The van der Waals surface area contributed by atoms with Crippen LogP contribution in [0.25, 0.3) is 22.8 Å². The number of halogens is 2. The third-order valence-corrected chi connectivity index (χ3v) is 6.59. The first-order chi connectivity index (χ1) is 15.9. The number of nitrogens with zero attached hydrogens (tertiary/aromatic N) is 8. The van der Waals surface area contributed by atoms with Crippen molar-refractivity contribution in [3.05, 3.63) is 66.0 Å². The molecule has 6 rings (SSSR count). The van der Waals surface area contributed by atoms with E-state index in [1.54, 1.807) is 15.4 Å². The summed E-state index contributed by atoms with van der Waals surface area (Å²) in [7, 11) is 0. The molecule has 0 aliphatic carbocycles. The predicted molar refractivity (Wildman–Crippen MR) is 112 cm³/mol. The molecule has 1 N–H and O–H groups in total. The molecule has 2 atom stereocenters. The highest BCUT2D eigenvalue weighted by atomic mass is 19.1. The number of benzene rings is 1.